The number of hydrogen-bond donors (Lipinski definition) is 0. The van der Waals surface area contributed by atoms with Crippen LogP contribution in [0.5, 0.6) is 5.75 Å². The molecule has 2 heterocycles. The minimum Gasteiger partial charge on any atom is -0.482 e. The lowest BCUT2D eigenvalue weighted by atomic mass is 10.2. The Bertz CT molecular complexity index is 1520. The van der Waals surface area contributed by atoms with E-state index in [2.05, 4.69) is 30.3 Å². The molecule has 0 saturated carbocycles. The summed E-state index contributed by atoms with van der Waals surface area (Å²) in [5, 5.41) is 5.08. The van der Waals surface area contributed by atoms with Crippen molar-refractivity contribution in [2.24, 2.45) is 5.10 Å². The Morgan fingerprint density at radius 3 is 2.53 bits per heavy atom. The molecule has 0 spiro atoms. The Balaban J connectivity index is 1.68. The normalized spacial score (nSPS) is 11.5. The van der Waals surface area contributed by atoms with Crippen molar-refractivity contribution < 1.29 is 14.3 Å². The first kappa shape index (κ1) is 25.4. The van der Waals surface area contributed by atoms with Crippen LogP contribution in [-0.2, 0) is 9.53 Å². The molecule has 2 aromatic carbocycles. The molecule has 36 heavy (non-hydrogen) atoms. The molecule has 2 aromatic heterocycles. The van der Waals surface area contributed by atoms with Gasteiger partial charge in [0, 0.05) is 33.0 Å². The zero-order valence-electron chi connectivity index (χ0n) is 20.8. The van der Waals surface area contributed by atoms with E-state index in [1.165, 1.54) is 11.8 Å². The number of ether oxygens (including phenoxy) is 2. The van der Waals surface area contributed by atoms with E-state index >= 15 is 0 Å². The molecule has 0 bridgehead atoms. The molecule has 186 valence electrons. The Labute approximate surface area is 217 Å². The summed E-state index contributed by atoms with van der Waals surface area (Å²) in [5.41, 5.74) is 4.24. The van der Waals surface area contributed by atoms with Gasteiger partial charge in [-0.25, -0.2) is 9.78 Å². The second-order valence-electron chi connectivity index (χ2n) is 8.67. The van der Waals surface area contributed by atoms with Crippen molar-refractivity contribution >= 4 is 39.0 Å². The Hall–Kier alpha value is -3.72. The van der Waals surface area contributed by atoms with E-state index < -0.39 is 5.97 Å². The van der Waals surface area contributed by atoms with Crippen LogP contribution in [0.25, 0.3) is 16.6 Å². The number of carbonyl (C=O) groups is 1. The molecule has 0 radical (unpaired) electrons. The highest BCUT2D eigenvalue weighted by Crippen LogP contribution is 2.23. The average molecular weight is 551 g/mol. The predicted molar refractivity (Wildman–Crippen MR) is 144 cm³/mol. The number of nitrogens with zero attached hydrogens (tertiary/aromatic N) is 4. The van der Waals surface area contributed by atoms with Crippen LogP contribution in [-0.4, -0.2) is 40.1 Å². The fourth-order valence-corrected chi connectivity index (χ4v) is 4.34. The van der Waals surface area contributed by atoms with Gasteiger partial charge in [-0.15, -0.1) is 0 Å². The lowest BCUT2D eigenvalue weighted by Gasteiger charge is -2.12. The van der Waals surface area contributed by atoms with Crippen molar-refractivity contribution in [1.82, 2.24) is 14.2 Å². The molecule has 0 unspecified atom stereocenters. The second-order valence-corrected chi connectivity index (χ2v) is 9.58. The van der Waals surface area contributed by atoms with Crippen LogP contribution in [0.15, 0.2) is 62.9 Å². The maximum Gasteiger partial charge on any atom is 0.343 e. The highest BCUT2D eigenvalue weighted by molar-refractivity contribution is 9.10. The van der Waals surface area contributed by atoms with Crippen LogP contribution in [0, 0.1) is 13.8 Å². The maximum absolute atomic E-state index is 13.3. The lowest BCUT2D eigenvalue weighted by molar-refractivity contribution is -0.142. The van der Waals surface area contributed by atoms with Crippen LogP contribution in [0.2, 0.25) is 0 Å². The standard InChI is InChI=1S/C27H27BrN4O4/c1-16(2)26-30-24-11-6-20(28)13-23(24)27(34)32(26)29-14-19-12-17(3)31(18(19)4)21-7-9-22(10-8-21)36-15-25(33)35-5/h6-14,16H,15H2,1-5H3. The van der Waals surface area contributed by atoms with Gasteiger partial charge in [0.05, 0.1) is 24.2 Å². The first-order chi connectivity index (χ1) is 17.2. The topological polar surface area (TPSA) is 87.7 Å². The quantitative estimate of drug-likeness (QED) is 0.235. The van der Waals surface area contributed by atoms with Gasteiger partial charge < -0.3 is 14.0 Å². The monoisotopic (exact) mass is 550 g/mol. The van der Waals surface area contributed by atoms with Crippen LogP contribution in [0.3, 0.4) is 0 Å². The molecule has 0 atom stereocenters. The van der Waals surface area contributed by atoms with Crippen LogP contribution >= 0.6 is 15.9 Å². The van der Waals surface area contributed by atoms with Gasteiger partial charge in [-0.1, -0.05) is 29.8 Å². The number of benzene rings is 2. The minimum absolute atomic E-state index is 0.00949. The number of methoxy groups -OCH3 is 1. The second kappa shape index (κ2) is 10.5. The van der Waals surface area contributed by atoms with Gasteiger partial charge in [-0.05, 0) is 62.4 Å². The molecule has 0 aliphatic carbocycles. The molecular weight excluding hydrogens is 524 g/mol. The highest BCUT2D eigenvalue weighted by atomic mass is 79.9. The number of carbonyl (C=O) groups excluding carboxylic acids is 1. The first-order valence-electron chi connectivity index (χ1n) is 11.4. The van der Waals surface area contributed by atoms with Gasteiger partial charge >= 0.3 is 5.97 Å². The molecule has 0 N–H and O–H groups in total. The smallest absolute Gasteiger partial charge is 0.343 e. The predicted octanol–water partition coefficient (Wildman–Crippen LogP) is 5.12. The number of aryl methyl sites for hydroxylation is 1. The Morgan fingerprint density at radius 2 is 1.86 bits per heavy atom. The summed E-state index contributed by atoms with van der Waals surface area (Å²) in [5.74, 6) is 0.746. The molecule has 0 aliphatic heterocycles. The van der Waals surface area contributed by atoms with E-state index in [4.69, 9.17) is 9.72 Å². The van der Waals surface area contributed by atoms with Crippen molar-refractivity contribution in [3.63, 3.8) is 0 Å². The fraction of sp³-hybridized carbons (Fsp3) is 0.259. The third-order valence-corrected chi connectivity index (χ3v) is 6.30. The number of hydrogen-bond acceptors (Lipinski definition) is 6. The van der Waals surface area contributed by atoms with E-state index in [0.29, 0.717) is 22.5 Å². The van der Waals surface area contributed by atoms with Gasteiger partial charge in [-0.2, -0.15) is 9.78 Å². The first-order valence-corrected chi connectivity index (χ1v) is 12.2. The Kier molecular flexibility index (Phi) is 7.40. The van der Waals surface area contributed by atoms with Crippen LogP contribution < -0.4 is 10.3 Å². The minimum atomic E-state index is -0.436. The summed E-state index contributed by atoms with van der Waals surface area (Å²) in [6.45, 7) is 7.84. The third kappa shape index (κ3) is 5.11. The molecule has 0 saturated heterocycles. The average Bonchev–Trinajstić information content (AvgIpc) is 3.15. The summed E-state index contributed by atoms with van der Waals surface area (Å²) >= 11 is 3.43. The van der Waals surface area contributed by atoms with E-state index in [1.807, 2.05) is 58.0 Å². The van der Waals surface area contributed by atoms with Crippen molar-refractivity contribution in [2.75, 3.05) is 13.7 Å². The zero-order valence-corrected chi connectivity index (χ0v) is 22.4. The number of esters is 1. The van der Waals surface area contributed by atoms with Crippen molar-refractivity contribution in [3.05, 3.63) is 86.1 Å². The summed E-state index contributed by atoms with van der Waals surface area (Å²) in [7, 11) is 1.32. The molecule has 4 aromatic rings. The summed E-state index contributed by atoms with van der Waals surface area (Å²) in [4.78, 5) is 29.3. The molecule has 0 fully saturated rings. The van der Waals surface area contributed by atoms with Crippen LogP contribution in [0.1, 0.15) is 42.5 Å². The number of rotatable bonds is 7. The fourth-order valence-electron chi connectivity index (χ4n) is 3.98. The molecule has 9 heteroatoms. The molecule has 0 aliphatic rings. The Morgan fingerprint density at radius 1 is 1.14 bits per heavy atom. The largest absolute Gasteiger partial charge is 0.482 e. The van der Waals surface area contributed by atoms with E-state index in [-0.39, 0.29) is 18.1 Å². The van der Waals surface area contributed by atoms with Gasteiger partial charge in [0.2, 0.25) is 0 Å². The molecule has 0 amide bonds. The van der Waals surface area contributed by atoms with E-state index in [1.54, 1.807) is 24.4 Å². The molecule has 8 nitrogen and oxygen atoms in total. The number of halogens is 1. The zero-order chi connectivity index (χ0) is 26.0. The van der Waals surface area contributed by atoms with Crippen molar-refractivity contribution in [2.45, 2.75) is 33.6 Å². The van der Waals surface area contributed by atoms with Crippen LogP contribution in [0.4, 0.5) is 0 Å². The highest BCUT2D eigenvalue weighted by Gasteiger charge is 2.15. The van der Waals surface area contributed by atoms with Gasteiger partial charge in [0.1, 0.15) is 11.6 Å². The number of aromatic nitrogens is 3. The van der Waals surface area contributed by atoms with E-state index in [0.717, 1.165) is 27.1 Å². The van der Waals surface area contributed by atoms with Gasteiger partial charge in [-0.3, -0.25) is 4.79 Å². The third-order valence-electron chi connectivity index (χ3n) is 5.81. The van der Waals surface area contributed by atoms with Crippen molar-refractivity contribution in [1.29, 1.82) is 0 Å². The van der Waals surface area contributed by atoms with E-state index in [9.17, 15) is 9.59 Å². The lowest BCUT2D eigenvalue weighted by Crippen LogP contribution is -2.23. The van der Waals surface area contributed by atoms with Gasteiger partial charge in [0.15, 0.2) is 6.61 Å². The molecular formula is C27H27BrN4O4. The summed E-state index contributed by atoms with van der Waals surface area (Å²) < 4.78 is 14.3. The van der Waals surface area contributed by atoms with Gasteiger partial charge in [0.25, 0.3) is 5.56 Å². The number of fused-ring (bicyclic) bond motifs is 1. The maximum atomic E-state index is 13.3. The summed E-state index contributed by atoms with van der Waals surface area (Å²) in [6, 6.07) is 14.9. The van der Waals surface area contributed by atoms with Crippen molar-refractivity contribution in [3.8, 4) is 11.4 Å². The summed E-state index contributed by atoms with van der Waals surface area (Å²) in [6.07, 6.45) is 1.70. The SMILES string of the molecule is COC(=O)COc1ccc(-n2c(C)cc(C=Nn3c(C(C)C)nc4ccc(Br)cc4c3=O)c2C)cc1. The molecule has 4 rings (SSSR count).